The molecule has 1 aliphatic carbocycles. The van der Waals surface area contributed by atoms with E-state index in [2.05, 4.69) is 9.71 Å². The fraction of sp³-hybridized carbons (Fsp3) is 0.583. The molecular formula is C12H17ClN2O3S. The van der Waals surface area contributed by atoms with Gasteiger partial charge >= 0.3 is 0 Å². The number of aliphatic hydroxyl groups is 1. The minimum atomic E-state index is -3.63. The summed E-state index contributed by atoms with van der Waals surface area (Å²) in [5.41, 5.74) is 0. The largest absolute Gasteiger partial charge is 0.393 e. The van der Waals surface area contributed by atoms with E-state index in [0.29, 0.717) is 13.0 Å². The van der Waals surface area contributed by atoms with Crippen LogP contribution in [0.25, 0.3) is 0 Å². The van der Waals surface area contributed by atoms with Crippen LogP contribution in [0, 0.1) is 5.92 Å². The number of nitrogens with zero attached hydrogens (tertiary/aromatic N) is 1. The highest BCUT2D eigenvalue weighted by molar-refractivity contribution is 7.89. The number of rotatable bonds is 4. The smallest absolute Gasteiger partial charge is 0.243 e. The molecule has 0 radical (unpaired) electrons. The second-order valence-corrected chi connectivity index (χ2v) is 6.99. The van der Waals surface area contributed by atoms with E-state index in [4.69, 9.17) is 11.6 Å². The van der Waals surface area contributed by atoms with Crippen LogP contribution in [0.5, 0.6) is 0 Å². The molecule has 2 unspecified atom stereocenters. The predicted octanol–water partition coefficient (Wildman–Crippen LogP) is 1.56. The molecule has 1 fully saturated rings. The van der Waals surface area contributed by atoms with Crippen molar-refractivity contribution in [3.8, 4) is 0 Å². The van der Waals surface area contributed by atoms with Crippen LogP contribution in [0.4, 0.5) is 0 Å². The zero-order valence-corrected chi connectivity index (χ0v) is 12.0. The molecule has 7 heteroatoms. The maximum atomic E-state index is 12.1. The van der Waals surface area contributed by atoms with Crippen LogP contribution < -0.4 is 4.72 Å². The third-order valence-electron chi connectivity index (χ3n) is 3.34. The number of sulfonamides is 1. The highest BCUT2D eigenvalue weighted by atomic mass is 35.5. The summed E-state index contributed by atoms with van der Waals surface area (Å²) in [6.45, 7) is 0.324. The Morgan fingerprint density at radius 1 is 1.47 bits per heavy atom. The van der Waals surface area contributed by atoms with E-state index < -0.39 is 10.0 Å². The maximum absolute atomic E-state index is 12.1. The monoisotopic (exact) mass is 304 g/mol. The van der Waals surface area contributed by atoms with Crippen molar-refractivity contribution in [3.05, 3.63) is 23.5 Å². The van der Waals surface area contributed by atoms with E-state index in [-0.39, 0.29) is 21.9 Å². The lowest BCUT2D eigenvalue weighted by molar-refractivity contribution is 0.102. The number of hydrogen-bond acceptors (Lipinski definition) is 4. The molecule has 2 atom stereocenters. The standard InChI is InChI=1S/C12H17ClN2O3S/c13-11-4-5-14-8-12(11)19(17,18)15-7-9-2-1-3-10(16)6-9/h4-5,8-10,15-16H,1-3,6-7H2. The van der Waals surface area contributed by atoms with Gasteiger partial charge < -0.3 is 5.11 Å². The van der Waals surface area contributed by atoms with Crippen molar-refractivity contribution in [2.24, 2.45) is 5.92 Å². The predicted molar refractivity (Wildman–Crippen MR) is 72.4 cm³/mol. The van der Waals surface area contributed by atoms with Crippen molar-refractivity contribution < 1.29 is 13.5 Å². The van der Waals surface area contributed by atoms with Gasteiger partial charge in [0, 0.05) is 18.9 Å². The molecule has 106 valence electrons. The van der Waals surface area contributed by atoms with Gasteiger partial charge in [-0.2, -0.15) is 0 Å². The molecule has 1 aliphatic rings. The van der Waals surface area contributed by atoms with Crippen molar-refractivity contribution in [1.82, 2.24) is 9.71 Å². The molecule has 0 bridgehead atoms. The summed E-state index contributed by atoms with van der Waals surface area (Å²) in [4.78, 5) is 3.77. The Morgan fingerprint density at radius 2 is 2.26 bits per heavy atom. The number of aromatic nitrogens is 1. The van der Waals surface area contributed by atoms with Crippen LogP contribution in [0.3, 0.4) is 0 Å². The van der Waals surface area contributed by atoms with E-state index >= 15 is 0 Å². The van der Waals surface area contributed by atoms with E-state index in [1.807, 2.05) is 0 Å². The molecule has 19 heavy (non-hydrogen) atoms. The molecule has 0 aliphatic heterocycles. The Labute approximate surface area is 118 Å². The first-order chi connectivity index (χ1) is 8.99. The first-order valence-corrected chi connectivity index (χ1v) is 8.12. The van der Waals surface area contributed by atoms with E-state index in [0.717, 1.165) is 19.3 Å². The highest BCUT2D eigenvalue weighted by Crippen LogP contribution is 2.24. The fourth-order valence-electron chi connectivity index (χ4n) is 2.31. The van der Waals surface area contributed by atoms with Crippen LogP contribution >= 0.6 is 11.6 Å². The molecule has 1 heterocycles. The Balaban J connectivity index is 2.00. The van der Waals surface area contributed by atoms with E-state index in [1.54, 1.807) is 0 Å². The number of pyridine rings is 1. The Bertz CT molecular complexity index is 536. The van der Waals surface area contributed by atoms with Gasteiger partial charge in [-0.3, -0.25) is 4.98 Å². The first-order valence-electron chi connectivity index (χ1n) is 6.26. The number of halogens is 1. The number of hydrogen-bond donors (Lipinski definition) is 2. The summed E-state index contributed by atoms with van der Waals surface area (Å²) in [6, 6.07) is 1.44. The Kier molecular flexibility index (Phi) is 4.78. The zero-order chi connectivity index (χ0) is 13.9. The molecule has 2 rings (SSSR count). The lowest BCUT2D eigenvalue weighted by Crippen LogP contribution is -2.33. The van der Waals surface area contributed by atoms with Crippen LogP contribution in [0.15, 0.2) is 23.4 Å². The molecule has 1 aromatic heterocycles. The molecule has 1 saturated carbocycles. The van der Waals surface area contributed by atoms with Crippen molar-refractivity contribution in [3.63, 3.8) is 0 Å². The molecule has 2 N–H and O–H groups in total. The number of aliphatic hydroxyl groups excluding tert-OH is 1. The fourth-order valence-corrected chi connectivity index (χ4v) is 3.86. The Hall–Kier alpha value is -0.690. The lowest BCUT2D eigenvalue weighted by Gasteiger charge is -2.25. The molecule has 0 saturated heterocycles. The number of nitrogens with one attached hydrogen (secondary N) is 1. The van der Waals surface area contributed by atoms with Crippen molar-refractivity contribution in [2.45, 2.75) is 36.7 Å². The van der Waals surface area contributed by atoms with Crippen LogP contribution in [-0.2, 0) is 10.0 Å². The summed E-state index contributed by atoms with van der Waals surface area (Å²) in [6.07, 6.45) is 5.67. The van der Waals surface area contributed by atoms with Gasteiger partial charge in [-0.15, -0.1) is 0 Å². The summed E-state index contributed by atoms with van der Waals surface area (Å²) in [7, 11) is -3.63. The zero-order valence-electron chi connectivity index (χ0n) is 10.4. The quantitative estimate of drug-likeness (QED) is 0.885. The molecule has 5 nitrogen and oxygen atoms in total. The van der Waals surface area contributed by atoms with Gasteiger partial charge in [0.1, 0.15) is 4.90 Å². The van der Waals surface area contributed by atoms with Crippen molar-refractivity contribution in [1.29, 1.82) is 0 Å². The third kappa shape index (κ3) is 3.89. The van der Waals surface area contributed by atoms with Crippen molar-refractivity contribution >= 4 is 21.6 Å². The lowest BCUT2D eigenvalue weighted by atomic mass is 9.87. The minimum absolute atomic E-state index is 0.00646. The van der Waals surface area contributed by atoms with Gasteiger partial charge in [-0.05, 0) is 31.2 Å². The first kappa shape index (κ1) is 14.7. The Morgan fingerprint density at radius 3 is 2.95 bits per heavy atom. The van der Waals surface area contributed by atoms with Gasteiger partial charge in [0.25, 0.3) is 0 Å². The molecule has 0 amide bonds. The summed E-state index contributed by atoms with van der Waals surface area (Å²) < 4.78 is 26.7. The second kappa shape index (κ2) is 6.17. The minimum Gasteiger partial charge on any atom is -0.393 e. The molecule has 1 aromatic rings. The molecule has 0 spiro atoms. The molecule has 0 aromatic carbocycles. The van der Waals surface area contributed by atoms with Gasteiger partial charge in [-0.25, -0.2) is 13.1 Å². The summed E-state index contributed by atoms with van der Waals surface area (Å²) >= 11 is 5.85. The van der Waals surface area contributed by atoms with Crippen LogP contribution in [0.2, 0.25) is 5.02 Å². The maximum Gasteiger partial charge on any atom is 0.243 e. The van der Waals surface area contributed by atoms with Gasteiger partial charge in [0.15, 0.2) is 0 Å². The van der Waals surface area contributed by atoms with Gasteiger partial charge in [0.2, 0.25) is 10.0 Å². The SMILES string of the molecule is O=S(=O)(NCC1CCCC(O)C1)c1cnccc1Cl. The average molecular weight is 305 g/mol. The normalized spacial score (nSPS) is 24.3. The summed E-state index contributed by atoms with van der Waals surface area (Å²) in [5, 5.41) is 9.72. The van der Waals surface area contributed by atoms with Crippen LogP contribution in [0.1, 0.15) is 25.7 Å². The van der Waals surface area contributed by atoms with Crippen molar-refractivity contribution in [2.75, 3.05) is 6.54 Å². The van der Waals surface area contributed by atoms with Crippen LogP contribution in [-0.4, -0.2) is 31.2 Å². The summed E-state index contributed by atoms with van der Waals surface area (Å²) in [5.74, 6) is 0.175. The second-order valence-electron chi connectivity index (χ2n) is 4.84. The van der Waals surface area contributed by atoms with E-state index in [1.165, 1.54) is 18.5 Å². The topological polar surface area (TPSA) is 79.3 Å². The van der Waals surface area contributed by atoms with Gasteiger partial charge in [-0.1, -0.05) is 18.0 Å². The highest BCUT2D eigenvalue weighted by Gasteiger charge is 2.23. The van der Waals surface area contributed by atoms with E-state index in [9.17, 15) is 13.5 Å². The molecular weight excluding hydrogens is 288 g/mol. The third-order valence-corrected chi connectivity index (χ3v) is 5.23. The van der Waals surface area contributed by atoms with Gasteiger partial charge in [0.05, 0.1) is 11.1 Å². The average Bonchev–Trinajstić information content (AvgIpc) is 2.37.